The molecule has 0 radical (unpaired) electrons. The van der Waals surface area contributed by atoms with Gasteiger partial charge in [-0.25, -0.2) is 4.79 Å². The van der Waals surface area contributed by atoms with Gasteiger partial charge in [0.1, 0.15) is 0 Å². The molecule has 1 heterocycles. The fourth-order valence-corrected chi connectivity index (χ4v) is 2.33. The van der Waals surface area contributed by atoms with Crippen molar-refractivity contribution in [3.8, 4) is 0 Å². The van der Waals surface area contributed by atoms with E-state index in [4.69, 9.17) is 4.42 Å². The maximum absolute atomic E-state index is 11.9. The molecule has 1 amide bonds. The van der Waals surface area contributed by atoms with E-state index in [1.807, 2.05) is 42.5 Å². The van der Waals surface area contributed by atoms with Crippen LogP contribution in [0.5, 0.6) is 0 Å². The largest absolute Gasteiger partial charge is 0.419 e. The number of nitrogens with zero attached hydrogens (tertiary/aromatic N) is 1. The normalized spacial score (nSPS) is 10.8. The number of benzene rings is 2. The predicted octanol–water partition coefficient (Wildman–Crippen LogP) is 1.99. The Morgan fingerprint density at radius 2 is 1.91 bits per heavy atom. The first kappa shape index (κ1) is 14.1. The van der Waals surface area contributed by atoms with Crippen molar-refractivity contribution in [2.45, 2.75) is 13.0 Å². The third-order valence-corrected chi connectivity index (χ3v) is 3.55. The van der Waals surface area contributed by atoms with E-state index < -0.39 is 0 Å². The summed E-state index contributed by atoms with van der Waals surface area (Å²) in [5, 5.41) is 2.87. The number of carbonyl (C=O) groups is 1. The van der Waals surface area contributed by atoms with Gasteiger partial charge in [0.25, 0.3) is 0 Å². The Hall–Kier alpha value is -2.82. The maximum atomic E-state index is 11.9. The molecule has 0 aliphatic rings. The van der Waals surface area contributed by atoms with Crippen molar-refractivity contribution in [3.63, 3.8) is 0 Å². The zero-order valence-electron chi connectivity index (χ0n) is 12.2. The van der Waals surface area contributed by atoms with E-state index in [1.54, 1.807) is 13.1 Å². The van der Waals surface area contributed by atoms with E-state index >= 15 is 0 Å². The summed E-state index contributed by atoms with van der Waals surface area (Å²) >= 11 is 0. The molecule has 0 saturated carbocycles. The van der Waals surface area contributed by atoms with Crippen LogP contribution in [-0.2, 0) is 24.8 Å². The first-order valence-corrected chi connectivity index (χ1v) is 7.02. The van der Waals surface area contributed by atoms with Gasteiger partial charge in [0.2, 0.25) is 5.91 Å². The summed E-state index contributed by atoms with van der Waals surface area (Å²) in [5.41, 5.74) is 3.14. The van der Waals surface area contributed by atoms with E-state index in [0.29, 0.717) is 18.5 Å². The molecule has 0 spiro atoms. The van der Waals surface area contributed by atoms with Crippen LogP contribution in [-0.4, -0.2) is 10.5 Å². The Labute approximate surface area is 127 Å². The Morgan fingerprint density at radius 1 is 1.14 bits per heavy atom. The van der Waals surface area contributed by atoms with E-state index in [2.05, 4.69) is 5.32 Å². The first-order chi connectivity index (χ1) is 10.6. The van der Waals surface area contributed by atoms with Crippen molar-refractivity contribution in [2.24, 2.45) is 7.05 Å². The summed E-state index contributed by atoms with van der Waals surface area (Å²) in [7, 11) is 1.66. The molecule has 0 fully saturated rings. The van der Waals surface area contributed by atoms with Crippen LogP contribution >= 0.6 is 0 Å². The average molecular weight is 296 g/mol. The Balaban J connectivity index is 1.66. The highest BCUT2D eigenvalue weighted by atomic mass is 16.4. The highest BCUT2D eigenvalue weighted by Crippen LogP contribution is 2.14. The van der Waals surface area contributed by atoms with Crippen molar-refractivity contribution in [2.75, 3.05) is 0 Å². The molecule has 0 aliphatic heterocycles. The number of nitrogens with one attached hydrogen (secondary N) is 1. The predicted molar refractivity (Wildman–Crippen MR) is 83.4 cm³/mol. The van der Waals surface area contributed by atoms with Crippen LogP contribution in [0, 0.1) is 0 Å². The molecule has 1 N–H and O–H groups in total. The molecule has 0 saturated heterocycles. The zero-order valence-corrected chi connectivity index (χ0v) is 12.2. The fraction of sp³-hybridized carbons (Fsp3) is 0.176. The summed E-state index contributed by atoms with van der Waals surface area (Å²) in [6.07, 6.45) is 0.351. The van der Waals surface area contributed by atoms with Gasteiger partial charge in [0.05, 0.1) is 11.9 Å². The van der Waals surface area contributed by atoms with Crippen LogP contribution in [0.15, 0.2) is 57.7 Å². The van der Waals surface area contributed by atoms with E-state index in [0.717, 1.165) is 16.6 Å². The number of hydrogen-bond donors (Lipinski definition) is 1. The number of aryl methyl sites for hydroxylation is 1. The molecule has 112 valence electrons. The summed E-state index contributed by atoms with van der Waals surface area (Å²) in [5.74, 6) is -0.430. The van der Waals surface area contributed by atoms with Crippen LogP contribution < -0.4 is 11.1 Å². The topological polar surface area (TPSA) is 64.2 Å². The lowest BCUT2D eigenvalue weighted by Crippen LogP contribution is -2.24. The molecule has 3 rings (SSSR count). The molecule has 1 aromatic heterocycles. The Kier molecular flexibility index (Phi) is 3.78. The van der Waals surface area contributed by atoms with Crippen molar-refractivity contribution in [3.05, 3.63) is 70.2 Å². The molecular weight excluding hydrogens is 280 g/mol. The van der Waals surface area contributed by atoms with Crippen molar-refractivity contribution < 1.29 is 9.21 Å². The Bertz CT molecular complexity index is 862. The summed E-state index contributed by atoms with van der Waals surface area (Å²) in [4.78, 5) is 23.4. The highest BCUT2D eigenvalue weighted by molar-refractivity contribution is 5.79. The quantitative estimate of drug-likeness (QED) is 0.801. The first-order valence-electron chi connectivity index (χ1n) is 7.02. The number of oxazole rings is 1. The van der Waals surface area contributed by atoms with E-state index in [9.17, 15) is 9.59 Å². The van der Waals surface area contributed by atoms with Crippen LogP contribution in [0.4, 0.5) is 0 Å². The molecule has 3 aromatic rings. The summed E-state index contributed by atoms with van der Waals surface area (Å²) in [6, 6.07) is 15.1. The number of carbonyl (C=O) groups excluding carboxylic acids is 1. The zero-order chi connectivity index (χ0) is 15.5. The van der Waals surface area contributed by atoms with Crippen LogP contribution in [0.25, 0.3) is 11.1 Å². The van der Waals surface area contributed by atoms with Crippen LogP contribution in [0.3, 0.4) is 0 Å². The smallest absolute Gasteiger partial charge is 0.408 e. The van der Waals surface area contributed by atoms with Crippen molar-refractivity contribution in [1.29, 1.82) is 0 Å². The number of rotatable bonds is 4. The second-order valence-electron chi connectivity index (χ2n) is 5.17. The lowest BCUT2D eigenvalue weighted by molar-refractivity contribution is -0.120. The van der Waals surface area contributed by atoms with Gasteiger partial charge in [-0.3, -0.25) is 9.36 Å². The molecule has 2 aromatic carbocycles. The van der Waals surface area contributed by atoms with E-state index in [1.165, 1.54) is 4.57 Å². The van der Waals surface area contributed by atoms with Gasteiger partial charge in [0, 0.05) is 13.6 Å². The third-order valence-electron chi connectivity index (χ3n) is 3.55. The molecule has 0 bridgehead atoms. The minimum atomic E-state index is -0.389. The summed E-state index contributed by atoms with van der Waals surface area (Å²) in [6.45, 7) is 0.403. The number of fused-ring (bicyclic) bond motifs is 1. The van der Waals surface area contributed by atoms with Gasteiger partial charge >= 0.3 is 5.76 Å². The average Bonchev–Trinajstić information content (AvgIpc) is 2.81. The number of amides is 1. The number of aromatic nitrogens is 1. The molecule has 5 heteroatoms. The van der Waals surface area contributed by atoms with Gasteiger partial charge in [-0.1, -0.05) is 36.4 Å². The molecular formula is C17H16N2O3. The lowest BCUT2D eigenvalue weighted by atomic mass is 10.1. The van der Waals surface area contributed by atoms with E-state index in [-0.39, 0.29) is 11.7 Å². The van der Waals surface area contributed by atoms with Crippen molar-refractivity contribution in [1.82, 2.24) is 9.88 Å². The molecule has 0 aliphatic carbocycles. The van der Waals surface area contributed by atoms with Crippen LogP contribution in [0.1, 0.15) is 11.1 Å². The molecule has 22 heavy (non-hydrogen) atoms. The van der Waals surface area contributed by atoms with Gasteiger partial charge in [-0.15, -0.1) is 0 Å². The monoisotopic (exact) mass is 296 g/mol. The Morgan fingerprint density at radius 3 is 2.68 bits per heavy atom. The van der Waals surface area contributed by atoms with Crippen LogP contribution in [0.2, 0.25) is 0 Å². The molecule has 5 nitrogen and oxygen atoms in total. The molecule has 0 atom stereocenters. The highest BCUT2D eigenvalue weighted by Gasteiger charge is 2.07. The van der Waals surface area contributed by atoms with Gasteiger partial charge in [0.15, 0.2) is 5.58 Å². The summed E-state index contributed by atoms with van der Waals surface area (Å²) < 4.78 is 6.59. The third kappa shape index (κ3) is 2.93. The lowest BCUT2D eigenvalue weighted by Gasteiger charge is -2.05. The second-order valence-corrected chi connectivity index (χ2v) is 5.17. The SMILES string of the molecule is Cn1c(=O)oc2cc(CNC(=O)Cc3ccccc3)ccc21. The van der Waals surface area contributed by atoms with Crippen molar-refractivity contribution >= 4 is 17.0 Å². The second kappa shape index (κ2) is 5.89. The van der Waals surface area contributed by atoms with Gasteiger partial charge in [-0.2, -0.15) is 0 Å². The maximum Gasteiger partial charge on any atom is 0.419 e. The van der Waals surface area contributed by atoms with Gasteiger partial charge < -0.3 is 9.73 Å². The van der Waals surface area contributed by atoms with Gasteiger partial charge in [-0.05, 0) is 23.3 Å². The minimum Gasteiger partial charge on any atom is -0.408 e. The number of hydrogen-bond acceptors (Lipinski definition) is 3. The minimum absolute atomic E-state index is 0.0409. The molecule has 0 unspecified atom stereocenters. The fourth-order valence-electron chi connectivity index (χ4n) is 2.33. The standard InChI is InChI=1S/C17H16N2O3/c1-19-14-8-7-13(9-15(14)22-17(19)21)11-18-16(20)10-12-5-3-2-4-6-12/h2-9H,10-11H2,1H3,(H,18,20).